The first-order valence-electron chi connectivity index (χ1n) is 11.7. The van der Waals surface area contributed by atoms with Gasteiger partial charge in [-0.05, 0) is 61.1 Å². The molecule has 0 atom stereocenters. The molecular weight excluding hydrogens is 524 g/mol. The maximum Gasteiger partial charge on any atom is 0.416 e. The lowest BCUT2D eigenvalue weighted by molar-refractivity contribution is -0.137. The normalized spacial score (nSPS) is 14.8. The van der Waals surface area contributed by atoms with Crippen LogP contribution in [-0.2, 0) is 6.18 Å². The van der Waals surface area contributed by atoms with Crippen LogP contribution in [-0.4, -0.2) is 47.9 Å². The molecule has 11 heteroatoms. The van der Waals surface area contributed by atoms with E-state index in [1.807, 2.05) is 6.26 Å². The first kappa shape index (κ1) is 27.6. The van der Waals surface area contributed by atoms with E-state index in [1.54, 1.807) is 36.2 Å². The number of carbonyl (C=O) groups excluding carboxylic acids is 1. The van der Waals surface area contributed by atoms with Crippen molar-refractivity contribution in [1.82, 2.24) is 4.31 Å². The largest absolute Gasteiger partial charge is 0.504 e. The molecule has 1 heterocycles. The highest BCUT2D eigenvalue weighted by molar-refractivity contribution is 7.96. The van der Waals surface area contributed by atoms with Gasteiger partial charge in [-0.15, -0.1) is 0 Å². The van der Waals surface area contributed by atoms with E-state index in [9.17, 15) is 27.5 Å². The fourth-order valence-electron chi connectivity index (χ4n) is 4.17. The number of nitrogens with zero attached hydrogens (tertiary/aromatic N) is 1. The van der Waals surface area contributed by atoms with Gasteiger partial charge in [0.25, 0.3) is 5.91 Å². The summed E-state index contributed by atoms with van der Waals surface area (Å²) in [6.45, 7) is 1.54. The van der Waals surface area contributed by atoms with Gasteiger partial charge in [-0.1, -0.05) is 30.1 Å². The number of benzene rings is 3. The number of hydrogen-bond acceptors (Lipinski definition) is 6. The highest BCUT2D eigenvalue weighted by atomic mass is 32.2. The number of alkyl halides is 3. The van der Waals surface area contributed by atoms with Gasteiger partial charge in [-0.2, -0.15) is 17.6 Å². The fourth-order valence-corrected chi connectivity index (χ4v) is 4.74. The van der Waals surface area contributed by atoms with Crippen LogP contribution in [0.15, 0.2) is 54.6 Å². The summed E-state index contributed by atoms with van der Waals surface area (Å²) in [4.78, 5) is 13.0. The lowest BCUT2D eigenvalue weighted by Crippen LogP contribution is -2.34. The summed E-state index contributed by atoms with van der Waals surface area (Å²) in [5.74, 6) is -2.68. The molecule has 3 aromatic carbocycles. The Balaban J connectivity index is 1.59. The molecule has 38 heavy (non-hydrogen) atoms. The summed E-state index contributed by atoms with van der Waals surface area (Å²) >= 11 is 1.62. The van der Waals surface area contributed by atoms with Gasteiger partial charge in [0, 0.05) is 24.3 Å². The maximum absolute atomic E-state index is 15.0. The van der Waals surface area contributed by atoms with Crippen molar-refractivity contribution in [3.05, 3.63) is 71.5 Å². The Kier molecular flexibility index (Phi) is 8.37. The van der Waals surface area contributed by atoms with E-state index in [0.29, 0.717) is 29.7 Å². The number of ether oxygens (including phenoxy) is 2. The number of amides is 1. The van der Waals surface area contributed by atoms with Crippen molar-refractivity contribution in [2.45, 2.75) is 25.1 Å². The number of carbonyl (C=O) groups is 1. The number of phenolic OH excluding ortho intramolecular Hbond substituents is 1. The molecule has 0 aliphatic carbocycles. The van der Waals surface area contributed by atoms with Crippen molar-refractivity contribution in [3.8, 4) is 28.4 Å². The number of halogens is 4. The molecule has 0 bridgehead atoms. The Morgan fingerprint density at radius 1 is 1.08 bits per heavy atom. The summed E-state index contributed by atoms with van der Waals surface area (Å²) in [5.41, 5.74) is -0.760. The quantitative estimate of drug-likeness (QED) is 0.255. The molecule has 1 aliphatic heterocycles. The van der Waals surface area contributed by atoms with Crippen LogP contribution < -0.4 is 14.8 Å². The summed E-state index contributed by atoms with van der Waals surface area (Å²) in [7, 11) is 1.48. The molecule has 1 aliphatic rings. The predicted octanol–water partition coefficient (Wildman–Crippen LogP) is 6.60. The molecule has 0 unspecified atom stereocenters. The molecule has 202 valence electrons. The summed E-state index contributed by atoms with van der Waals surface area (Å²) in [6.07, 6.45) is -1.58. The van der Waals surface area contributed by atoms with Crippen LogP contribution in [0, 0.1) is 5.82 Å². The van der Waals surface area contributed by atoms with Crippen LogP contribution in [0.2, 0.25) is 0 Å². The highest BCUT2D eigenvalue weighted by Gasteiger charge is 2.32. The summed E-state index contributed by atoms with van der Waals surface area (Å²) in [6, 6.07) is 11.9. The number of methoxy groups -OCH3 is 1. The van der Waals surface area contributed by atoms with E-state index >= 15 is 0 Å². The number of phenols is 1. The van der Waals surface area contributed by atoms with Crippen LogP contribution in [0.5, 0.6) is 17.2 Å². The van der Waals surface area contributed by atoms with Crippen LogP contribution in [0.4, 0.5) is 23.2 Å². The average molecular weight is 551 g/mol. The van der Waals surface area contributed by atoms with Crippen molar-refractivity contribution in [2.75, 3.05) is 31.8 Å². The molecular formula is C27H26F4N2O4S. The molecule has 1 amide bonds. The van der Waals surface area contributed by atoms with Crippen LogP contribution in [0.3, 0.4) is 0 Å². The Morgan fingerprint density at radius 2 is 1.76 bits per heavy atom. The minimum atomic E-state index is -4.66. The van der Waals surface area contributed by atoms with Gasteiger partial charge < -0.3 is 19.9 Å². The van der Waals surface area contributed by atoms with E-state index in [1.165, 1.54) is 25.3 Å². The second kappa shape index (κ2) is 11.5. The molecule has 0 radical (unpaired) electrons. The van der Waals surface area contributed by atoms with Crippen LogP contribution in [0.25, 0.3) is 11.1 Å². The van der Waals surface area contributed by atoms with Gasteiger partial charge in [0.15, 0.2) is 11.5 Å². The van der Waals surface area contributed by atoms with Crippen molar-refractivity contribution < 1.29 is 36.9 Å². The van der Waals surface area contributed by atoms with Crippen molar-refractivity contribution in [2.24, 2.45) is 0 Å². The minimum Gasteiger partial charge on any atom is -0.504 e. The van der Waals surface area contributed by atoms with Gasteiger partial charge in [-0.3, -0.25) is 9.10 Å². The first-order chi connectivity index (χ1) is 18.1. The molecule has 1 saturated heterocycles. The molecule has 6 nitrogen and oxygen atoms in total. The van der Waals surface area contributed by atoms with E-state index in [2.05, 4.69) is 9.62 Å². The van der Waals surface area contributed by atoms with Gasteiger partial charge in [0.1, 0.15) is 11.9 Å². The zero-order valence-electron chi connectivity index (χ0n) is 20.6. The minimum absolute atomic E-state index is 0.157. The fraction of sp³-hybridized carbons (Fsp3) is 0.296. The smallest absolute Gasteiger partial charge is 0.416 e. The standard InChI is InChI=1S/C27H26F4N2O4S/c1-36-18-6-3-16(4-7-18)20-8-5-17(27(29,30)31)15-22(20)32-26(35)21-9-10-23(24(28)25(21)34)37-19-11-13-33(38-2)14-12-19/h3-10,15,19,34H,11-14H2,1-2H3,(H,32,35). The number of hydrogen-bond donors (Lipinski definition) is 2. The first-order valence-corrected chi connectivity index (χ1v) is 12.9. The molecule has 2 N–H and O–H groups in total. The lowest BCUT2D eigenvalue weighted by atomic mass is 10.0. The SMILES string of the molecule is COc1ccc(-c2ccc(C(F)(F)F)cc2NC(=O)c2ccc(OC3CCN(SC)CC3)c(F)c2O)cc1. The Morgan fingerprint density at radius 3 is 2.37 bits per heavy atom. The van der Waals surface area contributed by atoms with E-state index in [-0.39, 0.29) is 17.5 Å². The van der Waals surface area contributed by atoms with Gasteiger partial charge >= 0.3 is 6.18 Å². The van der Waals surface area contributed by atoms with Crippen LogP contribution >= 0.6 is 11.9 Å². The van der Waals surface area contributed by atoms with E-state index < -0.39 is 34.8 Å². The van der Waals surface area contributed by atoms with E-state index in [4.69, 9.17) is 9.47 Å². The third-order valence-corrected chi connectivity index (χ3v) is 7.16. The predicted molar refractivity (Wildman–Crippen MR) is 138 cm³/mol. The Hall–Kier alpha value is -3.44. The Bertz CT molecular complexity index is 1290. The average Bonchev–Trinajstić information content (AvgIpc) is 2.91. The number of nitrogens with one attached hydrogen (secondary N) is 1. The topological polar surface area (TPSA) is 71.0 Å². The third-order valence-electron chi connectivity index (χ3n) is 6.27. The maximum atomic E-state index is 15.0. The van der Waals surface area contributed by atoms with Gasteiger partial charge in [0.2, 0.25) is 5.82 Å². The number of aromatic hydroxyl groups is 1. The third kappa shape index (κ3) is 6.16. The zero-order valence-corrected chi connectivity index (χ0v) is 21.5. The van der Waals surface area contributed by atoms with Crippen molar-refractivity contribution >= 4 is 23.5 Å². The zero-order chi connectivity index (χ0) is 27.4. The molecule has 0 saturated carbocycles. The second-order valence-corrected chi connectivity index (χ2v) is 9.52. The molecule has 4 rings (SSSR count). The lowest BCUT2D eigenvalue weighted by Gasteiger charge is -2.30. The Labute approximate surface area is 221 Å². The van der Waals surface area contributed by atoms with Crippen LogP contribution in [0.1, 0.15) is 28.8 Å². The van der Waals surface area contributed by atoms with Gasteiger partial charge in [-0.25, -0.2) is 0 Å². The summed E-state index contributed by atoms with van der Waals surface area (Å²) in [5, 5.41) is 12.8. The number of anilines is 1. The molecule has 1 fully saturated rings. The highest BCUT2D eigenvalue weighted by Crippen LogP contribution is 2.38. The van der Waals surface area contributed by atoms with E-state index in [0.717, 1.165) is 25.2 Å². The number of piperidine rings is 1. The molecule has 0 aromatic heterocycles. The van der Waals surface area contributed by atoms with Crippen molar-refractivity contribution in [1.29, 1.82) is 0 Å². The second-order valence-electron chi connectivity index (χ2n) is 8.64. The molecule has 3 aromatic rings. The van der Waals surface area contributed by atoms with Crippen molar-refractivity contribution in [3.63, 3.8) is 0 Å². The number of rotatable bonds is 7. The summed E-state index contributed by atoms with van der Waals surface area (Å²) < 4.78 is 68.2. The van der Waals surface area contributed by atoms with Gasteiger partial charge in [0.05, 0.1) is 18.2 Å². The molecule has 0 spiro atoms. The monoisotopic (exact) mass is 550 g/mol.